The van der Waals surface area contributed by atoms with Gasteiger partial charge < -0.3 is 5.32 Å². The van der Waals surface area contributed by atoms with E-state index in [1.807, 2.05) is 30.3 Å². The van der Waals surface area contributed by atoms with Gasteiger partial charge in [-0.2, -0.15) is 15.0 Å². The highest BCUT2D eigenvalue weighted by molar-refractivity contribution is 5.79. The van der Waals surface area contributed by atoms with E-state index in [0.29, 0.717) is 6.42 Å². The van der Waals surface area contributed by atoms with Gasteiger partial charge in [0.05, 0.1) is 17.6 Å². The molecule has 1 aliphatic rings. The molecule has 0 bridgehead atoms. The average Bonchev–Trinajstić information content (AvgIpc) is 3.08. The summed E-state index contributed by atoms with van der Waals surface area (Å²) in [6.45, 7) is 2.10. The number of benzene rings is 1. The van der Waals surface area contributed by atoms with E-state index >= 15 is 0 Å². The van der Waals surface area contributed by atoms with Crippen LogP contribution >= 0.6 is 0 Å². The summed E-state index contributed by atoms with van der Waals surface area (Å²) < 4.78 is 0. The van der Waals surface area contributed by atoms with Gasteiger partial charge in [0.2, 0.25) is 5.91 Å². The second-order valence-electron chi connectivity index (χ2n) is 5.32. The van der Waals surface area contributed by atoms with E-state index in [-0.39, 0.29) is 11.4 Å². The fourth-order valence-corrected chi connectivity index (χ4v) is 2.70. The number of carbonyl (C=O) groups is 1. The predicted octanol–water partition coefficient (Wildman–Crippen LogP) is 1.87. The van der Waals surface area contributed by atoms with Crippen LogP contribution in [-0.2, 0) is 11.2 Å². The van der Waals surface area contributed by atoms with E-state index in [1.54, 1.807) is 11.0 Å². The molecule has 1 fully saturated rings. The molecule has 0 spiro atoms. The van der Waals surface area contributed by atoms with Crippen molar-refractivity contribution in [2.24, 2.45) is 0 Å². The molecule has 0 radical (unpaired) electrons. The number of hydrogen-bond donors (Lipinski definition) is 1. The first-order chi connectivity index (χ1) is 9.71. The number of carbonyl (C=O) groups excluding carboxylic acids is 1. The Morgan fingerprint density at radius 1 is 1.35 bits per heavy atom. The third-order valence-corrected chi connectivity index (χ3v) is 3.96. The lowest BCUT2D eigenvalue weighted by atomic mass is 9.89. The van der Waals surface area contributed by atoms with Crippen LogP contribution in [0.4, 0.5) is 0 Å². The zero-order valence-electron chi connectivity index (χ0n) is 11.5. The molecule has 1 N–H and O–H groups in total. The third kappa shape index (κ3) is 2.43. The van der Waals surface area contributed by atoms with Crippen LogP contribution in [0.15, 0.2) is 36.5 Å². The van der Waals surface area contributed by atoms with Crippen molar-refractivity contribution in [3.8, 4) is 5.69 Å². The molecule has 1 amide bonds. The van der Waals surface area contributed by atoms with Gasteiger partial charge in [-0.25, -0.2) is 0 Å². The largest absolute Gasteiger partial charge is 0.350 e. The van der Waals surface area contributed by atoms with Crippen LogP contribution in [0.5, 0.6) is 0 Å². The van der Waals surface area contributed by atoms with Crippen molar-refractivity contribution in [2.45, 2.75) is 38.1 Å². The molecule has 1 saturated heterocycles. The molecule has 1 aromatic carbocycles. The summed E-state index contributed by atoms with van der Waals surface area (Å²) in [6.07, 6.45) is 4.93. The Bertz CT molecular complexity index is 607. The van der Waals surface area contributed by atoms with Crippen molar-refractivity contribution in [3.05, 3.63) is 42.2 Å². The van der Waals surface area contributed by atoms with Crippen molar-refractivity contribution in [3.63, 3.8) is 0 Å². The molecule has 1 aromatic heterocycles. The fraction of sp³-hybridized carbons (Fsp3) is 0.400. The Hall–Kier alpha value is -2.17. The summed E-state index contributed by atoms with van der Waals surface area (Å²) in [5.41, 5.74) is 1.71. The van der Waals surface area contributed by atoms with Gasteiger partial charge >= 0.3 is 0 Å². The van der Waals surface area contributed by atoms with E-state index in [9.17, 15) is 4.79 Å². The normalized spacial score (nSPS) is 21.9. The lowest BCUT2D eigenvalue weighted by molar-refractivity contribution is -0.119. The first kappa shape index (κ1) is 12.8. The van der Waals surface area contributed by atoms with Crippen LogP contribution in [0, 0.1) is 0 Å². The second kappa shape index (κ2) is 5.07. The van der Waals surface area contributed by atoms with Gasteiger partial charge in [-0.15, -0.1) is 0 Å². The summed E-state index contributed by atoms with van der Waals surface area (Å²) in [5, 5.41) is 11.9. The quantitative estimate of drug-likeness (QED) is 0.922. The van der Waals surface area contributed by atoms with Crippen molar-refractivity contribution in [1.29, 1.82) is 0 Å². The topological polar surface area (TPSA) is 59.8 Å². The highest BCUT2D eigenvalue weighted by Crippen LogP contribution is 2.27. The van der Waals surface area contributed by atoms with Crippen LogP contribution in [0.3, 0.4) is 0 Å². The highest BCUT2D eigenvalue weighted by Gasteiger charge is 2.36. The standard InChI is InChI=1S/C15H18N4O/c1-2-15(9-8-14(20)17-15)10-12-11-16-19(18-12)13-6-4-3-5-7-13/h3-7,11H,2,8-10H2,1H3,(H,17,20). The summed E-state index contributed by atoms with van der Waals surface area (Å²) in [5.74, 6) is 0.141. The number of hydrogen-bond acceptors (Lipinski definition) is 3. The lowest BCUT2D eigenvalue weighted by Gasteiger charge is -2.26. The number of rotatable bonds is 4. The highest BCUT2D eigenvalue weighted by atomic mass is 16.2. The Morgan fingerprint density at radius 2 is 2.15 bits per heavy atom. The monoisotopic (exact) mass is 270 g/mol. The van der Waals surface area contributed by atoms with Crippen LogP contribution in [0.25, 0.3) is 5.69 Å². The molecule has 5 heteroatoms. The maximum Gasteiger partial charge on any atom is 0.220 e. The predicted molar refractivity (Wildman–Crippen MR) is 75.5 cm³/mol. The second-order valence-corrected chi connectivity index (χ2v) is 5.32. The molecule has 2 aromatic rings. The smallest absolute Gasteiger partial charge is 0.220 e. The van der Waals surface area contributed by atoms with Gasteiger partial charge in [-0.1, -0.05) is 25.1 Å². The summed E-state index contributed by atoms with van der Waals surface area (Å²) >= 11 is 0. The summed E-state index contributed by atoms with van der Waals surface area (Å²) in [7, 11) is 0. The number of aromatic nitrogens is 3. The van der Waals surface area contributed by atoms with Crippen molar-refractivity contribution < 1.29 is 4.79 Å². The minimum atomic E-state index is -0.144. The molecule has 104 valence electrons. The number of amides is 1. The van der Waals surface area contributed by atoms with Crippen LogP contribution in [0.1, 0.15) is 31.9 Å². The fourth-order valence-electron chi connectivity index (χ4n) is 2.70. The van der Waals surface area contributed by atoms with Gasteiger partial charge in [0.15, 0.2) is 0 Å². The van der Waals surface area contributed by atoms with E-state index in [1.165, 1.54) is 0 Å². The number of nitrogens with zero attached hydrogens (tertiary/aromatic N) is 3. The first-order valence-electron chi connectivity index (χ1n) is 6.98. The maximum atomic E-state index is 11.5. The van der Waals surface area contributed by atoms with Gasteiger partial charge in [-0.05, 0) is 25.0 Å². The SMILES string of the molecule is CCC1(Cc2cnn(-c3ccccc3)n2)CCC(=O)N1. The summed E-state index contributed by atoms with van der Waals surface area (Å²) in [6, 6.07) is 9.83. The Labute approximate surface area is 118 Å². The molecule has 1 aliphatic heterocycles. The maximum absolute atomic E-state index is 11.5. The van der Waals surface area contributed by atoms with E-state index < -0.39 is 0 Å². The van der Waals surface area contributed by atoms with Gasteiger partial charge in [0, 0.05) is 18.4 Å². The van der Waals surface area contributed by atoms with E-state index in [2.05, 4.69) is 22.4 Å². The molecule has 1 atom stereocenters. The summed E-state index contributed by atoms with van der Waals surface area (Å²) in [4.78, 5) is 13.1. The number of nitrogens with one attached hydrogen (secondary N) is 1. The minimum Gasteiger partial charge on any atom is -0.350 e. The molecule has 0 aliphatic carbocycles. The molecule has 3 rings (SSSR count). The molecule has 2 heterocycles. The van der Waals surface area contributed by atoms with Crippen LogP contribution < -0.4 is 5.32 Å². The first-order valence-corrected chi connectivity index (χ1v) is 6.98. The van der Waals surface area contributed by atoms with Gasteiger partial charge in [-0.3, -0.25) is 4.79 Å². The van der Waals surface area contributed by atoms with Crippen molar-refractivity contribution in [1.82, 2.24) is 20.3 Å². The molecule has 0 saturated carbocycles. The molecular weight excluding hydrogens is 252 g/mol. The van der Waals surface area contributed by atoms with Gasteiger partial charge in [0.25, 0.3) is 0 Å². The average molecular weight is 270 g/mol. The number of para-hydroxylation sites is 1. The van der Waals surface area contributed by atoms with Crippen molar-refractivity contribution in [2.75, 3.05) is 0 Å². The Balaban J connectivity index is 1.79. The van der Waals surface area contributed by atoms with E-state index in [0.717, 1.165) is 30.6 Å². The molecular formula is C15H18N4O. The van der Waals surface area contributed by atoms with Crippen LogP contribution in [0.2, 0.25) is 0 Å². The zero-order chi connectivity index (χ0) is 14.0. The molecule has 1 unspecified atom stereocenters. The van der Waals surface area contributed by atoms with Crippen LogP contribution in [-0.4, -0.2) is 26.4 Å². The Morgan fingerprint density at radius 3 is 2.80 bits per heavy atom. The Kier molecular flexibility index (Phi) is 3.26. The van der Waals surface area contributed by atoms with Crippen molar-refractivity contribution >= 4 is 5.91 Å². The van der Waals surface area contributed by atoms with Gasteiger partial charge in [0.1, 0.15) is 0 Å². The third-order valence-electron chi connectivity index (χ3n) is 3.96. The lowest BCUT2D eigenvalue weighted by Crippen LogP contribution is -2.43. The van der Waals surface area contributed by atoms with E-state index in [4.69, 9.17) is 0 Å². The molecule has 20 heavy (non-hydrogen) atoms. The minimum absolute atomic E-state index is 0.141. The molecule has 5 nitrogen and oxygen atoms in total. The zero-order valence-corrected chi connectivity index (χ0v) is 11.5.